The second kappa shape index (κ2) is 10.3. The molecule has 2 aromatic rings. The van der Waals surface area contributed by atoms with Crippen molar-refractivity contribution in [3.05, 3.63) is 64.5 Å². The van der Waals surface area contributed by atoms with Crippen LogP contribution in [0, 0.1) is 5.82 Å². The third kappa shape index (κ3) is 5.06. The van der Waals surface area contributed by atoms with E-state index in [1.807, 2.05) is 13.0 Å². The van der Waals surface area contributed by atoms with Crippen LogP contribution in [0.1, 0.15) is 73.1 Å². The van der Waals surface area contributed by atoms with Crippen molar-refractivity contribution >= 4 is 17.8 Å². The molecule has 8 nitrogen and oxygen atoms in total. The van der Waals surface area contributed by atoms with Gasteiger partial charge in [-0.25, -0.2) is 9.38 Å². The van der Waals surface area contributed by atoms with Crippen molar-refractivity contribution in [1.82, 2.24) is 10.2 Å². The second-order valence-electron chi connectivity index (χ2n) is 9.67. The van der Waals surface area contributed by atoms with Gasteiger partial charge in [0.15, 0.2) is 5.96 Å². The molecule has 0 aromatic heterocycles. The Hall–Kier alpha value is -3.46. The van der Waals surface area contributed by atoms with Gasteiger partial charge in [-0.2, -0.15) is 0 Å². The molecule has 0 radical (unpaired) electrons. The molecule has 0 fully saturated rings. The number of benzene rings is 2. The van der Waals surface area contributed by atoms with Crippen LogP contribution >= 0.6 is 0 Å². The molecule has 4 rings (SSSR count). The number of aliphatic hydroxyl groups is 1. The van der Waals surface area contributed by atoms with Gasteiger partial charge in [0.05, 0.1) is 24.2 Å². The number of carbonyl (C=O) groups excluding carboxylic acids is 2. The standard InChI is InChI=1S/C27H33FN4O4/c1-4-7-16-10-11-17(12-18(16)14-32-22(33)13-19(5-2)30-26(32)29)25(34)31-24-23-20(28)8-6-9-21(23)36-15-27(24,3)35/h6,8-12,19,24,35H,4-5,7,13-15H2,1-3H3,(H2,29,30)(H,31,34). The molecule has 192 valence electrons. The van der Waals surface area contributed by atoms with Crippen LogP contribution in [-0.2, 0) is 17.8 Å². The molecule has 3 unspecified atom stereocenters. The third-order valence-corrected chi connectivity index (χ3v) is 6.81. The molecule has 2 amide bonds. The first kappa shape index (κ1) is 25.6. The van der Waals surface area contributed by atoms with Crippen LogP contribution < -0.4 is 15.8 Å². The number of carbonyl (C=O) groups is 2. The van der Waals surface area contributed by atoms with Crippen LogP contribution in [0.2, 0.25) is 0 Å². The van der Waals surface area contributed by atoms with E-state index in [1.165, 1.54) is 24.0 Å². The lowest BCUT2D eigenvalue weighted by Gasteiger charge is -2.38. The highest BCUT2D eigenvalue weighted by Gasteiger charge is 2.42. The number of aliphatic imine (C=N–C) groups is 1. The van der Waals surface area contributed by atoms with E-state index in [0.29, 0.717) is 12.0 Å². The van der Waals surface area contributed by atoms with Gasteiger partial charge >= 0.3 is 0 Å². The number of ether oxygens (including phenoxy) is 1. The summed E-state index contributed by atoms with van der Waals surface area (Å²) in [4.78, 5) is 32.0. The van der Waals surface area contributed by atoms with E-state index in [2.05, 4.69) is 17.2 Å². The van der Waals surface area contributed by atoms with Crippen molar-refractivity contribution < 1.29 is 23.8 Å². The summed E-state index contributed by atoms with van der Waals surface area (Å²) in [5.41, 5.74) is 6.83. The molecule has 0 saturated heterocycles. The van der Waals surface area contributed by atoms with Crippen molar-refractivity contribution in [2.24, 2.45) is 10.7 Å². The highest BCUT2D eigenvalue weighted by molar-refractivity contribution is 5.98. The number of nitrogens with two attached hydrogens (primary N) is 1. The molecular weight excluding hydrogens is 463 g/mol. The Morgan fingerprint density at radius 1 is 1.31 bits per heavy atom. The van der Waals surface area contributed by atoms with Gasteiger partial charge in [-0.1, -0.05) is 32.4 Å². The Balaban J connectivity index is 1.63. The summed E-state index contributed by atoms with van der Waals surface area (Å²) in [5.74, 6) is -0.675. The fourth-order valence-electron chi connectivity index (χ4n) is 4.73. The molecule has 3 atom stereocenters. The number of aryl methyl sites for hydroxylation is 1. The van der Waals surface area contributed by atoms with Crippen molar-refractivity contribution in [1.29, 1.82) is 0 Å². The Morgan fingerprint density at radius 3 is 2.78 bits per heavy atom. The summed E-state index contributed by atoms with van der Waals surface area (Å²) in [6.07, 6.45) is 2.68. The van der Waals surface area contributed by atoms with Gasteiger partial charge < -0.3 is 20.9 Å². The predicted molar refractivity (Wildman–Crippen MR) is 134 cm³/mol. The lowest BCUT2D eigenvalue weighted by Crippen LogP contribution is -2.50. The van der Waals surface area contributed by atoms with Crippen molar-refractivity contribution in [2.45, 2.75) is 70.7 Å². The van der Waals surface area contributed by atoms with Gasteiger partial charge in [-0.3, -0.25) is 14.5 Å². The van der Waals surface area contributed by atoms with Gasteiger partial charge in [0.1, 0.15) is 23.8 Å². The molecule has 0 saturated carbocycles. The summed E-state index contributed by atoms with van der Waals surface area (Å²) in [5, 5.41) is 13.7. The van der Waals surface area contributed by atoms with E-state index in [4.69, 9.17) is 10.5 Å². The summed E-state index contributed by atoms with van der Waals surface area (Å²) in [7, 11) is 0. The van der Waals surface area contributed by atoms with Crippen LogP contribution in [0.4, 0.5) is 4.39 Å². The van der Waals surface area contributed by atoms with Crippen LogP contribution in [0.5, 0.6) is 5.75 Å². The fraction of sp³-hybridized carbons (Fsp3) is 0.444. The average Bonchev–Trinajstić information content (AvgIpc) is 2.84. The number of hydrogen-bond acceptors (Lipinski definition) is 6. The largest absolute Gasteiger partial charge is 0.490 e. The second-order valence-corrected chi connectivity index (χ2v) is 9.67. The highest BCUT2D eigenvalue weighted by atomic mass is 19.1. The molecule has 2 aliphatic rings. The summed E-state index contributed by atoms with van der Waals surface area (Å²) < 4.78 is 20.2. The Morgan fingerprint density at radius 2 is 2.08 bits per heavy atom. The lowest BCUT2D eigenvalue weighted by molar-refractivity contribution is -0.128. The number of hydrogen-bond donors (Lipinski definition) is 3. The highest BCUT2D eigenvalue weighted by Crippen LogP contribution is 2.39. The molecule has 36 heavy (non-hydrogen) atoms. The molecule has 0 aliphatic carbocycles. The van der Waals surface area contributed by atoms with E-state index in [0.717, 1.165) is 30.4 Å². The minimum absolute atomic E-state index is 0.0937. The number of guanidine groups is 1. The molecule has 2 aliphatic heterocycles. The summed E-state index contributed by atoms with van der Waals surface area (Å²) >= 11 is 0. The molecule has 0 spiro atoms. The first-order chi connectivity index (χ1) is 17.1. The van der Waals surface area contributed by atoms with E-state index >= 15 is 0 Å². The smallest absolute Gasteiger partial charge is 0.251 e. The van der Waals surface area contributed by atoms with Gasteiger partial charge in [0, 0.05) is 12.0 Å². The number of amides is 2. The van der Waals surface area contributed by atoms with E-state index in [9.17, 15) is 19.1 Å². The van der Waals surface area contributed by atoms with Crippen molar-refractivity contribution in [3.63, 3.8) is 0 Å². The van der Waals surface area contributed by atoms with Crippen molar-refractivity contribution in [2.75, 3.05) is 6.61 Å². The van der Waals surface area contributed by atoms with Crippen LogP contribution in [0.3, 0.4) is 0 Å². The van der Waals surface area contributed by atoms with Gasteiger partial charge in [-0.15, -0.1) is 0 Å². The molecule has 2 aromatic carbocycles. The first-order valence-electron chi connectivity index (χ1n) is 12.3. The Kier molecular flexibility index (Phi) is 7.31. The number of nitrogens with one attached hydrogen (secondary N) is 1. The zero-order valence-electron chi connectivity index (χ0n) is 20.9. The maximum Gasteiger partial charge on any atom is 0.251 e. The Bertz CT molecular complexity index is 1200. The monoisotopic (exact) mass is 496 g/mol. The Labute approximate surface area is 210 Å². The number of nitrogens with zero attached hydrogens (tertiary/aromatic N) is 2. The van der Waals surface area contributed by atoms with E-state index in [-0.39, 0.29) is 42.4 Å². The predicted octanol–water partition coefficient (Wildman–Crippen LogP) is 3.22. The molecule has 4 N–H and O–H groups in total. The quantitative estimate of drug-likeness (QED) is 0.544. The minimum atomic E-state index is -1.52. The molecule has 0 bridgehead atoms. The SMILES string of the molecule is CCCc1ccc(C(=O)NC2c3c(F)cccc3OCC2(C)O)cc1CN1C(=O)CC(CC)N=C1N. The zero-order valence-corrected chi connectivity index (χ0v) is 20.9. The fourth-order valence-corrected chi connectivity index (χ4v) is 4.73. The topological polar surface area (TPSA) is 117 Å². The zero-order chi connectivity index (χ0) is 26.0. The van der Waals surface area contributed by atoms with Gasteiger partial charge in [0.2, 0.25) is 5.91 Å². The number of fused-ring (bicyclic) bond motifs is 1. The molecule has 9 heteroatoms. The maximum absolute atomic E-state index is 14.7. The molecule has 2 heterocycles. The maximum atomic E-state index is 14.7. The molecular formula is C27H33FN4O4. The van der Waals surface area contributed by atoms with E-state index in [1.54, 1.807) is 18.2 Å². The summed E-state index contributed by atoms with van der Waals surface area (Å²) in [6, 6.07) is 8.56. The normalized spacial score (nSPS) is 23.5. The average molecular weight is 497 g/mol. The first-order valence-corrected chi connectivity index (χ1v) is 12.3. The number of halogens is 1. The van der Waals surface area contributed by atoms with Crippen LogP contribution in [0.15, 0.2) is 41.4 Å². The van der Waals surface area contributed by atoms with Crippen LogP contribution in [0.25, 0.3) is 0 Å². The van der Waals surface area contributed by atoms with Gasteiger partial charge in [-0.05, 0) is 55.2 Å². The van der Waals surface area contributed by atoms with Crippen LogP contribution in [-0.4, -0.2) is 46.0 Å². The summed E-state index contributed by atoms with van der Waals surface area (Å²) in [6.45, 7) is 5.62. The van der Waals surface area contributed by atoms with Gasteiger partial charge in [0.25, 0.3) is 5.91 Å². The van der Waals surface area contributed by atoms with E-state index < -0.39 is 23.4 Å². The lowest BCUT2D eigenvalue weighted by atomic mass is 9.87. The third-order valence-electron chi connectivity index (χ3n) is 6.81. The van der Waals surface area contributed by atoms with Crippen molar-refractivity contribution in [3.8, 4) is 5.75 Å². The minimum Gasteiger partial charge on any atom is -0.490 e. The number of rotatable bonds is 7.